The summed E-state index contributed by atoms with van der Waals surface area (Å²) >= 11 is 5.96. The Morgan fingerprint density at radius 2 is 2.17 bits per heavy atom. The smallest absolute Gasteiger partial charge is 0.324 e. The number of benzene rings is 1. The Morgan fingerprint density at radius 3 is 2.78 bits per heavy atom. The fourth-order valence-corrected chi connectivity index (χ4v) is 2.73. The lowest BCUT2D eigenvalue weighted by atomic mass is 9.94. The summed E-state index contributed by atoms with van der Waals surface area (Å²) in [6.45, 7) is 4.06. The molecular formula is C14H18ClNO2. The molecule has 0 fully saturated rings. The minimum Gasteiger partial charge on any atom is -0.480 e. The van der Waals surface area contributed by atoms with Crippen molar-refractivity contribution < 1.29 is 9.90 Å². The summed E-state index contributed by atoms with van der Waals surface area (Å²) < 4.78 is 0. The van der Waals surface area contributed by atoms with Gasteiger partial charge in [-0.2, -0.15) is 0 Å². The number of carbonyl (C=O) groups is 1. The highest BCUT2D eigenvalue weighted by Crippen LogP contribution is 2.32. The first-order chi connectivity index (χ1) is 8.47. The number of nitrogens with one attached hydrogen (secondary N) is 1. The van der Waals surface area contributed by atoms with Gasteiger partial charge >= 0.3 is 5.97 Å². The number of hydrogen-bond acceptors (Lipinski definition) is 2. The third kappa shape index (κ3) is 2.38. The topological polar surface area (TPSA) is 49.3 Å². The van der Waals surface area contributed by atoms with E-state index in [4.69, 9.17) is 11.6 Å². The molecule has 1 aromatic rings. The van der Waals surface area contributed by atoms with Gasteiger partial charge in [-0.3, -0.25) is 10.1 Å². The van der Waals surface area contributed by atoms with Crippen LogP contribution in [-0.2, 0) is 17.6 Å². The van der Waals surface area contributed by atoms with Crippen molar-refractivity contribution in [2.75, 3.05) is 0 Å². The highest BCUT2D eigenvalue weighted by molar-refractivity contribution is 6.30. The number of hydrogen-bond donors (Lipinski definition) is 2. The Labute approximate surface area is 112 Å². The number of carboxylic acid groups (broad SMARTS) is 1. The van der Waals surface area contributed by atoms with E-state index >= 15 is 0 Å². The molecule has 1 aromatic carbocycles. The molecule has 1 aliphatic carbocycles. The third-order valence-corrected chi connectivity index (χ3v) is 3.93. The zero-order chi connectivity index (χ0) is 13.3. The molecule has 0 aliphatic heterocycles. The Morgan fingerprint density at radius 1 is 1.50 bits per heavy atom. The maximum absolute atomic E-state index is 11.6. The van der Waals surface area contributed by atoms with Gasteiger partial charge in [0, 0.05) is 23.9 Å². The Balaban J connectivity index is 2.29. The van der Waals surface area contributed by atoms with Crippen molar-refractivity contribution in [2.45, 2.75) is 44.7 Å². The van der Waals surface area contributed by atoms with Crippen molar-refractivity contribution in [1.29, 1.82) is 0 Å². The predicted molar refractivity (Wildman–Crippen MR) is 72.1 cm³/mol. The van der Waals surface area contributed by atoms with Gasteiger partial charge in [-0.15, -0.1) is 0 Å². The van der Waals surface area contributed by atoms with E-state index in [0.29, 0.717) is 17.9 Å². The number of aliphatic carboxylic acids is 1. The monoisotopic (exact) mass is 267 g/mol. The number of fused-ring (bicyclic) bond motifs is 1. The predicted octanol–water partition coefficient (Wildman–Crippen LogP) is 2.65. The normalized spacial score (nSPS) is 23.7. The molecule has 1 aliphatic rings. The second-order valence-electron chi connectivity index (χ2n) is 5.11. The maximum Gasteiger partial charge on any atom is 0.324 e. The van der Waals surface area contributed by atoms with Crippen LogP contribution in [0.15, 0.2) is 18.2 Å². The molecule has 0 saturated carbocycles. The SMILES string of the molecule is CCC(C)NC1(C(=O)O)Cc2ccc(Cl)cc2C1. The first kappa shape index (κ1) is 13.4. The van der Waals surface area contributed by atoms with E-state index < -0.39 is 11.5 Å². The van der Waals surface area contributed by atoms with Crippen LogP contribution in [0.25, 0.3) is 0 Å². The fourth-order valence-electron chi connectivity index (χ4n) is 2.53. The first-order valence-electron chi connectivity index (χ1n) is 6.25. The summed E-state index contributed by atoms with van der Waals surface area (Å²) in [5.41, 5.74) is 1.25. The molecule has 98 valence electrons. The van der Waals surface area contributed by atoms with Crippen LogP contribution in [-0.4, -0.2) is 22.7 Å². The van der Waals surface area contributed by atoms with Crippen LogP contribution in [0.2, 0.25) is 5.02 Å². The van der Waals surface area contributed by atoms with Crippen LogP contribution in [0.5, 0.6) is 0 Å². The van der Waals surface area contributed by atoms with Gasteiger partial charge in [0.05, 0.1) is 0 Å². The minimum atomic E-state index is -0.873. The quantitative estimate of drug-likeness (QED) is 0.882. The average molecular weight is 268 g/mol. The first-order valence-corrected chi connectivity index (χ1v) is 6.63. The number of halogens is 1. The molecule has 4 heteroatoms. The highest BCUT2D eigenvalue weighted by Gasteiger charge is 2.44. The van der Waals surface area contributed by atoms with Crippen molar-refractivity contribution in [1.82, 2.24) is 5.32 Å². The van der Waals surface area contributed by atoms with Gasteiger partial charge in [0.1, 0.15) is 5.54 Å². The summed E-state index contributed by atoms with van der Waals surface area (Å²) in [7, 11) is 0. The van der Waals surface area contributed by atoms with Crippen LogP contribution in [0.1, 0.15) is 31.4 Å². The van der Waals surface area contributed by atoms with Crippen LogP contribution in [0.4, 0.5) is 0 Å². The van der Waals surface area contributed by atoms with Crippen LogP contribution in [0.3, 0.4) is 0 Å². The molecule has 3 nitrogen and oxygen atoms in total. The van der Waals surface area contributed by atoms with E-state index in [0.717, 1.165) is 17.5 Å². The van der Waals surface area contributed by atoms with E-state index in [2.05, 4.69) is 5.32 Å². The van der Waals surface area contributed by atoms with Crippen molar-refractivity contribution in [3.05, 3.63) is 34.3 Å². The van der Waals surface area contributed by atoms with Crippen LogP contribution >= 0.6 is 11.6 Å². The summed E-state index contributed by atoms with van der Waals surface area (Å²) in [6.07, 6.45) is 1.94. The molecule has 0 amide bonds. The fraction of sp³-hybridized carbons (Fsp3) is 0.500. The standard InChI is InChI=1S/C14H18ClNO2/c1-3-9(2)16-14(13(17)18)7-10-4-5-12(15)6-11(10)8-14/h4-6,9,16H,3,7-8H2,1-2H3,(H,17,18). The van der Waals surface area contributed by atoms with Gasteiger partial charge in [0.25, 0.3) is 0 Å². The van der Waals surface area contributed by atoms with E-state index in [1.807, 2.05) is 32.0 Å². The molecule has 18 heavy (non-hydrogen) atoms. The van der Waals surface area contributed by atoms with E-state index in [-0.39, 0.29) is 6.04 Å². The molecule has 2 atom stereocenters. The molecule has 2 rings (SSSR count). The lowest BCUT2D eigenvalue weighted by Gasteiger charge is -2.29. The van der Waals surface area contributed by atoms with E-state index in [1.54, 1.807) is 0 Å². The van der Waals surface area contributed by atoms with Crippen molar-refractivity contribution in [3.63, 3.8) is 0 Å². The number of rotatable bonds is 4. The second-order valence-corrected chi connectivity index (χ2v) is 5.54. The van der Waals surface area contributed by atoms with E-state index in [1.165, 1.54) is 0 Å². The Bertz CT molecular complexity index is 475. The molecule has 0 spiro atoms. The van der Waals surface area contributed by atoms with Gasteiger partial charge in [0.2, 0.25) is 0 Å². The lowest BCUT2D eigenvalue weighted by molar-refractivity contribution is -0.144. The molecule has 0 bridgehead atoms. The molecule has 2 unspecified atom stereocenters. The van der Waals surface area contributed by atoms with Gasteiger partial charge < -0.3 is 5.11 Å². The van der Waals surface area contributed by atoms with Crippen molar-refractivity contribution in [3.8, 4) is 0 Å². The average Bonchev–Trinajstić information content (AvgIpc) is 2.67. The maximum atomic E-state index is 11.6. The Kier molecular flexibility index (Phi) is 3.64. The molecule has 0 radical (unpaired) electrons. The highest BCUT2D eigenvalue weighted by atomic mass is 35.5. The molecule has 0 heterocycles. The zero-order valence-corrected chi connectivity index (χ0v) is 11.4. The zero-order valence-electron chi connectivity index (χ0n) is 10.7. The minimum absolute atomic E-state index is 0.186. The summed E-state index contributed by atoms with van der Waals surface area (Å²) in [4.78, 5) is 11.6. The molecule has 0 saturated heterocycles. The van der Waals surface area contributed by atoms with Crippen molar-refractivity contribution in [2.24, 2.45) is 0 Å². The summed E-state index contributed by atoms with van der Waals surface area (Å²) in [5, 5.41) is 13.5. The van der Waals surface area contributed by atoms with Gasteiger partial charge in [-0.05, 0) is 36.6 Å². The molecular weight excluding hydrogens is 250 g/mol. The third-order valence-electron chi connectivity index (χ3n) is 3.70. The number of carboxylic acids is 1. The van der Waals surface area contributed by atoms with Crippen LogP contribution in [0, 0.1) is 0 Å². The van der Waals surface area contributed by atoms with Gasteiger partial charge in [0.15, 0.2) is 0 Å². The van der Waals surface area contributed by atoms with Crippen molar-refractivity contribution >= 4 is 17.6 Å². The lowest BCUT2D eigenvalue weighted by Crippen LogP contribution is -2.56. The summed E-state index contributed by atoms with van der Waals surface area (Å²) in [5.74, 6) is -0.782. The second kappa shape index (κ2) is 4.90. The molecule has 2 N–H and O–H groups in total. The van der Waals surface area contributed by atoms with Crippen LogP contribution < -0.4 is 5.32 Å². The largest absolute Gasteiger partial charge is 0.480 e. The van der Waals surface area contributed by atoms with E-state index in [9.17, 15) is 9.90 Å². The summed E-state index contributed by atoms with van der Waals surface area (Å²) in [6, 6.07) is 5.81. The Hall–Kier alpha value is -1.06. The van der Waals surface area contributed by atoms with Gasteiger partial charge in [-0.25, -0.2) is 0 Å². The molecule has 0 aromatic heterocycles. The van der Waals surface area contributed by atoms with Gasteiger partial charge in [-0.1, -0.05) is 24.6 Å².